The number of carbonyl (C=O) groups is 3. The Morgan fingerprint density at radius 1 is 1.14 bits per heavy atom. The summed E-state index contributed by atoms with van der Waals surface area (Å²) in [5, 5.41) is 0. The molecule has 1 heterocycles. The molecule has 1 aromatic carbocycles. The van der Waals surface area contributed by atoms with Gasteiger partial charge in [-0.15, -0.1) is 0 Å². The van der Waals surface area contributed by atoms with Crippen molar-refractivity contribution < 1.29 is 23.7 Å². The molecule has 21 heavy (non-hydrogen) atoms. The number of benzene rings is 1. The van der Waals surface area contributed by atoms with Crippen molar-refractivity contribution in [3.8, 4) is 0 Å². The van der Waals surface area contributed by atoms with Gasteiger partial charge in [0.15, 0.2) is 5.78 Å². The van der Waals surface area contributed by atoms with Crippen LogP contribution < -0.4 is 0 Å². The number of carbonyl (C=O) groups excluding carboxylic acids is 3. The number of Topliss-reactive ketones (excluding diaryl/α,β-unsaturated/α-hetero) is 1. The van der Waals surface area contributed by atoms with Crippen molar-refractivity contribution in [1.29, 1.82) is 0 Å². The molecule has 0 unspecified atom stereocenters. The number of nitrogens with zero attached hydrogens (tertiary/aromatic N) is 1. The first-order chi connectivity index (χ1) is 9.94. The highest BCUT2D eigenvalue weighted by molar-refractivity contribution is 6.54. The molecule has 1 aliphatic heterocycles. The third-order valence-electron chi connectivity index (χ3n) is 3.05. The van der Waals surface area contributed by atoms with E-state index in [4.69, 9.17) is 9.31 Å². The van der Waals surface area contributed by atoms with Crippen molar-refractivity contribution >= 4 is 24.8 Å². The summed E-state index contributed by atoms with van der Waals surface area (Å²) >= 11 is 0. The Morgan fingerprint density at radius 3 is 2.19 bits per heavy atom. The van der Waals surface area contributed by atoms with Gasteiger partial charge in [0, 0.05) is 5.56 Å². The van der Waals surface area contributed by atoms with Crippen molar-refractivity contribution in [2.75, 3.05) is 20.1 Å². The van der Waals surface area contributed by atoms with Gasteiger partial charge in [-0.3, -0.25) is 19.3 Å². The van der Waals surface area contributed by atoms with E-state index in [2.05, 4.69) is 0 Å². The average molecular weight is 289 g/mol. The van der Waals surface area contributed by atoms with Gasteiger partial charge in [0.1, 0.15) is 0 Å². The second kappa shape index (κ2) is 6.54. The van der Waals surface area contributed by atoms with Crippen LogP contribution in [0.3, 0.4) is 0 Å². The lowest BCUT2D eigenvalue weighted by atomic mass is 9.80. The fourth-order valence-corrected chi connectivity index (χ4v) is 1.98. The van der Waals surface area contributed by atoms with E-state index in [9.17, 15) is 14.4 Å². The fraction of sp³-hybridized carbons (Fsp3) is 0.357. The zero-order valence-electron chi connectivity index (χ0n) is 12.0. The monoisotopic (exact) mass is 289 g/mol. The van der Waals surface area contributed by atoms with Crippen LogP contribution in [0.1, 0.15) is 15.9 Å². The molecular weight excluding hydrogens is 273 g/mol. The normalized spacial score (nSPS) is 16.8. The van der Waals surface area contributed by atoms with Gasteiger partial charge in [0.25, 0.3) is 0 Å². The minimum atomic E-state index is -1.16. The highest BCUT2D eigenvalue weighted by Crippen LogP contribution is 2.11. The second-order valence-electron chi connectivity index (χ2n) is 5.07. The molecule has 1 fully saturated rings. The van der Waals surface area contributed by atoms with Crippen LogP contribution in [0.25, 0.3) is 0 Å². The van der Waals surface area contributed by atoms with Crippen LogP contribution in [0.4, 0.5) is 0 Å². The summed E-state index contributed by atoms with van der Waals surface area (Å²) in [6.07, 6.45) is -0.176. The Morgan fingerprint density at radius 2 is 1.67 bits per heavy atom. The Hall–Kier alpha value is -2.15. The number of hydrogen-bond donors (Lipinski definition) is 0. The number of likely N-dealkylation sites (N-methyl/N-ethyl adjacent to an activating group) is 1. The van der Waals surface area contributed by atoms with Gasteiger partial charge >= 0.3 is 19.1 Å². The summed E-state index contributed by atoms with van der Waals surface area (Å²) in [5.41, 5.74) is 1.53. The van der Waals surface area contributed by atoms with Gasteiger partial charge in [-0.1, -0.05) is 29.8 Å². The van der Waals surface area contributed by atoms with E-state index >= 15 is 0 Å². The predicted molar refractivity (Wildman–Crippen MR) is 75.8 cm³/mol. The van der Waals surface area contributed by atoms with Crippen LogP contribution in [0.5, 0.6) is 0 Å². The van der Waals surface area contributed by atoms with E-state index in [1.807, 2.05) is 19.1 Å². The third-order valence-corrected chi connectivity index (χ3v) is 3.05. The Bertz CT molecular complexity index is 537. The summed E-state index contributed by atoms with van der Waals surface area (Å²) < 4.78 is 10.0. The first kappa shape index (κ1) is 15.2. The summed E-state index contributed by atoms with van der Waals surface area (Å²) in [6.45, 7) is 1.90. The molecule has 0 amide bonds. The molecule has 0 aliphatic carbocycles. The lowest BCUT2D eigenvalue weighted by molar-refractivity contribution is -0.145. The SMILES string of the molecule is Cc1ccc(C(=O)CB2OC(=O)CN(C)CC(=O)O2)cc1. The van der Waals surface area contributed by atoms with Crippen LogP contribution in [0.15, 0.2) is 24.3 Å². The van der Waals surface area contributed by atoms with E-state index in [-0.39, 0.29) is 25.2 Å². The van der Waals surface area contributed by atoms with E-state index < -0.39 is 19.1 Å². The van der Waals surface area contributed by atoms with E-state index in [0.29, 0.717) is 5.56 Å². The van der Waals surface area contributed by atoms with Gasteiger partial charge in [-0.2, -0.15) is 0 Å². The molecule has 0 aromatic heterocycles. The maximum Gasteiger partial charge on any atom is 0.606 e. The Labute approximate surface area is 123 Å². The summed E-state index contributed by atoms with van der Waals surface area (Å²) in [7, 11) is 0.452. The Balaban J connectivity index is 2.03. The molecule has 0 spiro atoms. The minimum absolute atomic E-state index is 0.00960. The van der Waals surface area contributed by atoms with Crippen molar-refractivity contribution in [3.63, 3.8) is 0 Å². The first-order valence-electron chi connectivity index (χ1n) is 6.61. The summed E-state index contributed by atoms with van der Waals surface area (Å²) in [4.78, 5) is 36.7. The summed E-state index contributed by atoms with van der Waals surface area (Å²) in [5.74, 6) is -1.28. The van der Waals surface area contributed by atoms with Crippen LogP contribution in [-0.2, 0) is 18.9 Å². The topological polar surface area (TPSA) is 72.9 Å². The zero-order chi connectivity index (χ0) is 15.4. The molecule has 1 aromatic rings. The van der Waals surface area contributed by atoms with E-state index in [1.54, 1.807) is 19.2 Å². The van der Waals surface area contributed by atoms with E-state index in [0.717, 1.165) is 5.56 Å². The van der Waals surface area contributed by atoms with Crippen molar-refractivity contribution in [3.05, 3.63) is 35.4 Å². The lowest BCUT2D eigenvalue weighted by Gasteiger charge is -2.22. The second-order valence-corrected chi connectivity index (χ2v) is 5.07. The molecule has 0 saturated carbocycles. The standard InChI is InChI=1S/C14H16BNO5/c1-10-3-5-11(6-4-10)12(17)7-15-20-13(18)8-16(2)9-14(19)21-15/h3-6H,7-9H2,1-2H3. The molecule has 6 nitrogen and oxygen atoms in total. The number of ketones is 1. The van der Waals surface area contributed by atoms with Gasteiger partial charge < -0.3 is 9.31 Å². The smallest absolute Gasteiger partial charge is 0.498 e. The molecule has 0 radical (unpaired) electrons. The zero-order valence-corrected chi connectivity index (χ0v) is 12.0. The van der Waals surface area contributed by atoms with Gasteiger partial charge in [-0.05, 0) is 14.0 Å². The molecular formula is C14H16BNO5. The molecule has 1 aliphatic rings. The molecule has 0 N–H and O–H groups in total. The number of aryl methyl sites for hydroxylation is 1. The largest absolute Gasteiger partial charge is 0.606 e. The minimum Gasteiger partial charge on any atom is -0.498 e. The van der Waals surface area contributed by atoms with Crippen molar-refractivity contribution in [1.82, 2.24) is 4.90 Å². The maximum absolute atomic E-state index is 12.1. The molecule has 1 saturated heterocycles. The van der Waals surface area contributed by atoms with Crippen LogP contribution in [0.2, 0.25) is 6.32 Å². The van der Waals surface area contributed by atoms with Gasteiger partial charge in [0.05, 0.1) is 19.4 Å². The Kier molecular flexibility index (Phi) is 4.75. The van der Waals surface area contributed by atoms with Gasteiger partial charge in [0.2, 0.25) is 0 Å². The predicted octanol–water partition coefficient (Wildman–Crippen LogP) is 0.698. The molecule has 0 bridgehead atoms. The fourth-order valence-electron chi connectivity index (χ4n) is 1.98. The van der Waals surface area contributed by atoms with Crippen molar-refractivity contribution in [2.24, 2.45) is 0 Å². The number of hydrogen-bond acceptors (Lipinski definition) is 6. The van der Waals surface area contributed by atoms with Crippen LogP contribution in [-0.4, -0.2) is 49.9 Å². The number of rotatable bonds is 3. The lowest BCUT2D eigenvalue weighted by Crippen LogP contribution is -2.43. The molecule has 110 valence electrons. The van der Waals surface area contributed by atoms with Gasteiger partial charge in [-0.25, -0.2) is 0 Å². The molecule has 7 heteroatoms. The molecule has 2 rings (SSSR count). The highest BCUT2D eigenvalue weighted by Gasteiger charge is 2.34. The van der Waals surface area contributed by atoms with Crippen molar-refractivity contribution in [2.45, 2.75) is 13.2 Å². The molecule has 0 atom stereocenters. The third kappa shape index (κ3) is 4.42. The first-order valence-corrected chi connectivity index (χ1v) is 6.61. The van der Waals surface area contributed by atoms with Crippen LogP contribution in [0, 0.1) is 6.92 Å². The summed E-state index contributed by atoms with van der Waals surface area (Å²) in [6, 6.07) is 7.02. The quantitative estimate of drug-likeness (QED) is 0.602. The highest BCUT2D eigenvalue weighted by atomic mass is 16.6. The average Bonchev–Trinajstić information content (AvgIpc) is 2.36. The van der Waals surface area contributed by atoms with E-state index in [1.165, 1.54) is 4.90 Å². The van der Waals surface area contributed by atoms with Crippen LogP contribution >= 0.6 is 0 Å². The maximum atomic E-state index is 12.1.